The Morgan fingerprint density at radius 3 is 2.53 bits per heavy atom. The van der Waals surface area contributed by atoms with E-state index >= 15 is 0 Å². The number of H-pyrrole nitrogens is 1. The van der Waals surface area contributed by atoms with Gasteiger partial charge < -0.3 is 19.0 Å². The predicted molar refractivity (Wildman–Crippen MR) is 132 cm³/mol. The van der Waals surface area contributed by atoms with Crippen LogP contribution in [0.2, 0.25) is 0 Å². The van der Waals surface area contributed by atoms with Gasteiger partial charge in [-0.15, -0.1) is 5.10 Å². The zero-order valence-corrected chi connectivity index (χ0v) is 21.7. The van der Waals surface area contributed by atoms with Gasteiger partial charge in [0.1, 0.15) is 22.4 Å². The first-order valence-corrected chi connectivity index (χ1v) is 13.1. The standard InChI is InChI=1S/C25H31N3O7S/c1-14(16-10-6-8-15-9-7-11-17(15)16)21(23-26-27-24(29)35-23)28-36(31,32)19-13-12-18(33-4)20(22(19)34-5)25(2,3)30/h6,8,10,12-14,21,28,30H,7,9,11H2,1-5H3,(H,27,29)/t14-,21+/m1/s1. The third-order valence-electron chi connectivity index (χ3n) is 6.58. The largest absolute Gasteiger partial charge is 0.496 e. The Labute approximate surface area is 209 Å². The van der Waals surface area contributed by atoms with E-state index in [9.17, 15) is 18.3 Å². The van der Waals surface area contributed by atoms with Gasteiger partial charge in [-0.1, -0.05) is 25.1 Å². The zero-order valence-electron chi connectivity index (χ0n) is 20.9. The van der Waals surface area contributed by atoms with Gasteiger partial charge in [0.05, 0.1) is 25.4 Å². The average molecular weight is 518 g/mol. The Bertz CT molecular complexity index is 1420. The van der Waals surface area contributed by atoms with Crippen molar-refractivity contribution in [1.82, 2.24) is 14.9 Å². The third-order valence-corrected chi connectivity index (χ3v) is 8.05. The van der Waals surface area contributed by atoms with E-state index in [0.29, 0.717) is 0 Å². The summed E-state index contributed by atoms with van der Waals surface area (Å²) in [6.07, 6.45) is 2.88. The molecule has 36 heavy (non-hydrogen) atoms. The fraction of sp³-hybridized carbons (Fsp3) is 0.440. The minimum atomic E-state index is -4.27. The predicted octanol–water partition coefficient (Wildman–Crippen LogP) is 2.92. The molecule has 0 saturated carbocycles. The van der Waals surface area contributed by atoms with Gasteiger partial charge in [0.25, 0.3) is 0 Å². The molecule has 0 bridgehead atoms. The Balaban J connectivity index is 1.82. The number of benzene rings is 2. The van der Waals surface area contributed by atoms with Crippen molar-refractivity contribution < 1.29 is 27.4 Å². The molecule has 194 valence electrons. The van der Waals surface area contributed by atoms with Crippen molar-refractivity contribution in [3.05, 3.63) is 69.0 Å². The first-order chi connectivity index (χ1) is 17.0. The van der Waals surface area contributed by atoms with E-state index in [0.717, 1.165) is 24.8 Å². The number of sulfonamides is 1. The number of aromatic nitrogens is 2. The van der Waals surface area contributed by atoms with Crippen LogP contribution in [0.1, 0.15) is 67.3 Å². The number of aliphatic hydroxyl groups is 1. The highest BCUT2D eigenvalue weighted by Crippen LogP contribution is 2.43. The molecule has 0 saturated heterocycles. The van der Waals surface area contributed by atoms with Crippen LogP contribution in [0.15, 0.2) is 44.4 Å². The number of hydrogen-bond donors (Lipinski definition) is 3. The molecule has 2 aromatic carbocycles. The first kappa shape index (κ1) is 25.9. The molecule has 0 spiro atoms. The van der Waals surface area contributed by atoms with Crippen molar-refractivity contribution in [1.29, 1.82) is 0 Å². The summed E-state index contributed by atoms with van der Waals surface area (Å²) in [6, 6.07) is 7.79. The fourth-order valence-corrected chi connectivity index (χ4v) is 6.38. The summed E-state index contributed by atoms with van der Waals surface area (Å²) in [6.45, 7) is 4.89. The normalized spacial score (nSPS) is 15.4. The number of nitrogens with zero attached hydrogens (tertiary/aromatic N) is 1. The number of fused-ring (bicyclic) bond motifs is 1. The number of aryl methyl sites for hydroxylation is 1. The lowest BCUT2D eigenvalue weighted by Gasteiger charge is -2.27. The van der Waals surface area contributed by atoms with E-state index in [1.165, 1.54) is 51.3 Å². The zero-order chi connectivity index (χ0) is 26.3. The van der Waals surface area contributed by atoms with E-state index in [-0.39, 0.29) is 27.8 Å². The van der Waals surface area contributed by atoms with Gasteiger partial charge >= 0.3 is 5.76 Å². The van der Waals surface area contributed by atoms with E-state index < -0.39 is 33.3 Å². The van der Waals surface area contributed by atoms with Crippen LogP contribution in [-0.4, -0.2) is 37.9 Å². The maximum atomic E-state index is 13.8. The van der Waals surface area contributed by atoms with Crippen molar-refractivity contribution in [2.24, 2.45) is 0 Å². The monoisotopic (exact) mass is 517 g/mol. The van der Waals surface area contributed by atoms with Gasteiger partial charge in [-0.05, 0) is 61.9 Å². The number of nitrogens with one attached hydrogen (secondary N) is 2. The topological polar surface area (TPSA) is 144 Å². The molecule has 1 aliphatic rings. The molecule has 0 fully saturated rings. The number of methoxy groups -OCH3 is 2. The van der Waals surface area contributed by atoms with Gasteiger partial charge in [0, 0.05) is 5.92 Å². The van der Waals surface area contributed by atoms with Gasteiger partial charge in [0.15, 0.2) is 0 Å². The van der Waals surface area contributed by atoms with Crippen molar-refractivity contribution >= 4 is 10.0 Å². The molecule has 0 radical (unpaired) electrons. The summed E-state index contributed by atoms with van der Waals surface area (Å²) in [7, 11) is -1.53. The molecule has 1 heterocycles. The second-order valence-corrected chi connectivity index (χ2v) is 11.1. The number of rotatable bonds is 9. The fourth-order valence-electron chi connectivity index (χ4n) is 4.94. The van der Waals surface area contributed by atoms with E-state index in [2.05, 4.69) is 21.0 Å². The maximum Gasteiger partial charge on any atom is 0.434 e. The van der Waals surface area contributed by atoms with Crippen LogP contribution < -0.4 is 20.0 Å². The molecule has 0 aliphatic heterocycles. The minimum Gasteiger partial charge on any atom is -0.496 e. The van der Waals surface area contributed by atoms with Crippen molar-refractivity contribution in [3.8, 4) is 11.5 Å². The van der Waals surface area contributed by atoms with E-state index in [1.54, 1.807) is 0 Å². The first-order valence-electron chi connectivity index (χ1n) is 11.6. The Morgan fingerprint density at radius 2 is 1.92 bits per heavy atom. The van der Waals surface area contributed by atoms with Crippen LogP contribution in [-0.2, 0) is 28.5 Å². The van der Waals surface area contributed by atoms with Gasteiger partial charge in [-0.2, -0.15) is 4.72 Å². The lowest BCUT2D eigenvalue weighted by atomic mass is 9.88. The second-order valence-electron chi connectivity index (χ2n) is 9.41. The smallest absolute Gasteiger partial charge is 0.434 e. The average Bonchev–Trinajstić information content (AvgIpc) is 3.49. The molecule has 4 rings (SSSR count). The van der Waals surface area contributed by atoms with Crippen LogP contribution in [0.3, 0.4) is 0 Å². The molecule has 1 aliphatic carbocycles. The summed E-state index contributed by atoms with van der Waals surface area (Å²) in [5.74, 6) is -1.06. The van der Waals surface area contributed by atoms with Crippen LogP contribution in [0.25, 0.3) is 0 Å². The maximum absolute atomic E-state index is 13.8. The second kappa shape index (κ2) is 9.72. The van der Waals surface area contributed by atoms with E-state index in [1.807, 2.05) is 19.1 Å². The van der Waals surface area contributed by atoms with E-state index in [4.69, 9.17) is 13.9 Å². The summed E-state index contributed by atoms with van der Waals surface area (Å²) in [5, 5.41) is 16.9. The highest BCUT2D eigenvalue weighted by molar-refractivity contribution is 7.89. The Hall–Kier alpha value is -3.15. The van der Waals surface area contributed by atoms with Gasteiger partial charge in [-0.3, -0.25) is 0 Å². The molecule has 3 aromatic rings. The van der Waals surface area contributed by atoms with Crippen molar-refractivity contribution in [2.75, 3.05) is 14.2 Å². The Kier molecular flexibility index (Phi) is 7.00. The molecule has 1 aromatic heterocycles. The van der Waals surface area contributed by atoms with Crippen LogP contribution >= 0.6 is 0 Å². The molecule has 10 nitrogen and oxygen atoms in total. The minimum absolute atomic E-state index is 0.0511. The lowest BCUT2D eigenvalue weighted by Crippen LogP contribution is -2.33. The highest BCUT2D eigenvalue weighted by atomic mass is 32.2. The molecular formula is C25H31N3O7S. The summed E-state index contributed by atoms with van der Waals surface area (Å²) < 4.78 is 46.3. The molecule has 0 unspecified atom stereocenters. The third kappa shape index (κ3) is 4.78. The van der Waals surface area contributed by atoms with Crippen LogP contribution in [0.4, 0.5) is 0 Å². The Morgan fingerprint density at radius 1 is 1.17 bits per heavy atom. The van der Waals surface area contributed by atoms with Crippen LogP contribution in [0, 0.1) is 0 Å². The summed E-state index contributed by atoms with van der Waals surface area (Å²) >= 11 is 0. The molecule has 0 amide bonds. The summed E-state index contributed by atoms with van der Waals surface area (Å²) in [4.78, 5) is 11.6. The highest BCUT2D eigenvalue weighted by Gasteiger charge is 2.36. The van der Waals surface area contributed by atoms with Gasteiger partial charge in [-0.25, -0.2) is 18.3 Å². The van der Waals surface area contributed by atoms with Crippen molar-refractivity contribution in [3.63, 3.8) is 0 Å². The SMILES string of the molecule is COc1ccc(S(=O)(=O)N[C@H](c2n[nH]c(=O)o2)[C@H](C)c2cccc3c2CCC3)c(OC)c1C(C)(C)O. The lowest BCUT2D eigenvalue weighted by molar-refractivity contribution is 0.0721. The molecular weight excluding hydrogens is 486 g/mol. The number of hydrogen-bond acceptors (Lipinski definition) is 8. The number of ether oxygens (including phenoxy) is 2. The summed E-state index contributed by atoms with van der Waals surface area (Å²) in [5.41, 5.74) is 2.10. The quantitative estimate of drug-likeness (QED) is 0.393. The van der Waals surface area contributed by atoms with Gasteiger partial charge in [0.2, 0.25) is 15.9 Å². The molecule has 3 N–H and O–H groups in total. The molecule has 11 heteroatoms. The number of aromatic amines is 1. The van der Waals surface area contributed by atoms with Crippen LogP contribution in [0.5, 0.6) is 11.5 Å². The van der Waals surface area contributed by atoms with Crippen molar-refractivity contribution in [2.45, 2.75) is 62.5 Å². The molecule has 2 atom stereocenters.